The summed E-state index contributed by atoms with van der Waals surface area (Å²) in [6.45, 7) is 4.38. The maximum Gasteiger partial charge on any atom is 0.243 e. The SMILES string of the molecule is COCCNC(=NCC(=O)N(C)C)NCC(c1cccs1)N1CCCC1. The highest BCUT2D eigenvalue weighted by Crippen LogP contribution is 2.27. The van der Waals surface area contributed by atoms with Gasteiger partial charge in [0.25, 0.3) is 0 Å². The Morgan fingerprint density at radius 1 is 1.38 bits per heavy atom. The van der Waals surface area contributed by atoms with E-state index < -0.39 is 0 Å². The molecule has 0 aliphatic carbocycles. The molecule has 1 aromatic heterocycles. The molecule has 26 heavy (non-hydrogen) atoms. The molecular weight excluding hydrogens is 350 g/mol. The van der Waals surface area contributed by atoms with Crippen molar-refractivity contribution >= 4 is 23.2 Å². The summed E-state index contributed by atoms with van der Waals surface area (Å²) in [7, 11) is 5.15. The summed E-state index contributed by atoms with van der Waals surface area (Å²) in [4.78, 5) is 21.7. The molecule has 0 spiro atoms. The van der Waals surface area contributed by atoms with Gasteiger partial charge in [-0.15, -0.1) is 11.3 Å². The van der Waals surface area contributed by atoms with Crippen LogP contribution in [0.25, 0.3) is 0 Å². The highest BCUT2D eigenvalue weighted by Gasteiger charge is 2.24. The summed E-state index contributed by atoms with van der Waals surface area (Å²) in [6.07, 6.45) is 2.51. The minimum atomic E-state index is -0.0211. The van der Waals surface area contributed by atoms with Gasteiger partial charge in [-0.25, -0.2) is 4.99 Å². The number of rotatable bonds is 9. The zero-order valence-corrected chi connectivity index (χ0v) is 16.8. The first-order valence-corrected chi connectivity index (χ1v) is 9.98. The molecular formula is C18H31N5O2S. The Balaban J connectivity index is 1.99. The van der Waals surface area contributed by atoms with Crippen LogP contribution in [0, 0.1) is 0 Å². The summed E-state index contributed by atoms with van der Waals surface area (Å²) < 4.78 is 5.09. The van der Waals surface area contributed by atoms with Gasteiger partial charge >= 0.3 is 0 Å². The average molecular weight is 382 g/mol. The van der Waals surface area contributed by atoms with Gasteiger partial charge in [-0.1, -0.05) is 6.07 Å². The lowest BCUT2D eigenvalue weighted by molar-refractivity contribution is -0.127. The van der Waals surface area contributed by atoms with Crippen molar-refractivity contribution in [2.24, 2.45) is 4.99 Å². The molecule has 1 saturated heterocycles. The van der Waals surface area contributed by atoms with Crippen LogP contribution >= 0.6 is 11.3 Å². The van der Waals surface area contributed by atoms with Gasteiger partial charge < -0.3 is 20.3 Å². The topological polar surface area (TPSA) is 69.2 Å². The number of likely N-dealkylation sites (N-methyl/N-ethyl adjacent to an activating group) is 1. The van der Waals surface area contributed by atoms with Gasteiger partial charge in [-0.2, -0.15) is 0 Å². The van der Waals surface area contributed by atoms with E-state index in [1.165, 1.54) is 17.7 Å². The Kier molecular flexibility index (Phi) is 8.87. The van der Waals surface area contributed by atoms with E-state index in [1.54, 1.807) is 37.4 Å². The largest absolute Gasteiger partial charge is 0.383 e. The van der Waals surface area contributed by atoms with E-state index in [-0.39, 0.29) is 12.5 Å². The van der Waals surface area contributed by atoms with Crippen molar-refractivity contribution < 1.29 is 9.53 Å². The summed E-state index contributed by atoms with van der Waals surface area (Å²) in [5.74, 6) is 0.630. The van der Waals surface area contributed by atoms with Crippen LogP contribution < -0.4 is 10.6 Å². The van der Waals surface area contributed by atoms with E-state index in [0.29, 0.717) is 25.2 Å². The average Bonchev–Trinajstić information content (AvgIpc) is 3.33. The number of carbonyl (C=O) groups is 1. The van der Waals surface area contributed by atoms with E-state index in [2.05, 4.69) is 38.0 Å². The third-order valence-electron chi connectivity index (χ3n) is 4.39. The number of guanidine groups is 1. The van der Waals surface area contributed by atoms with Crippen LogP contribution in [0.2, 0.25) is 0 Å². The molecule has 1 atom stereocenters. The lowest BCUT2D eigenvalue weighted by atomic mass is 10.2. The highest BCUT2D eigenvalue weighted by molar-refractivity contribution is 7.10. The number of hydrogen-bond donors (Lipinski definition) is 2. The van der Waals surface area contributed by atoms with Crippen LogP contribution in [0.1, 0.15) is 23.8 Å². The van der Waals surface area contributed by atoms with Gasteiger partial charge in [0, 0.05) is 39.2 Å². The molecule has 1 aliphatic rings. The van der Waals surface area contributed by atoms with Crippen molar-refractivity contribution in [1.29, 1.82) is 0 Å². The van der Waals surface area contributed by atoms with Gasteiger partial charge in [-0.05, 0) is 37.4 Å². The zero-order chi connectivity index (χ0) is 18.8. The molecule has 0 bridgehead atoms. The summed E-state index contributed by atoms with van der Waals surface area (Å²) in [5, 5.41) is 8.78. The Morgan fingerprint density at radius 2 is 2.15 bits per heavy atom. The fourth-order valence-corrected chi connectivity index (χ4v) is 3.73. The maximum absolute atomic E-state index is 11.8. The van der Waals surface area contributed by atoms with Crippen molar-refractivity contribution in [3.63, 3.8) is 0 Å². The molecule has 0 aromatic carbocycles. The number of amides is 1. The van der Waals surface area contributed by atoms with Crippen molar-refractivity contribution in [1.82, 2.24) is 20.4 Å². The van der Waals surface area contributed by atoms with Gasteiger partial charge in [0.15, 0.2) is 5.96 Å². The second-order valence-electron chi connectivity index (χ2n) is 6.53. The van der Waals surface area contributed by atoms with E-state index in [0.717, 1.165) is 19.6 Å². The third kappa shape index (κ3) is 6.59. The Morgan fingerprint density at radius 3 is 2.77 bits per heavy atom. The normalized spacial score (nSPS) is 16.5. The fraction of sp³-hybridized carbons (Fsp3) is 0.667. The van der Waals surface area contributed by atoms with Crippen molar-refractivity contribution in [2.45, 2.75) is 18.9 Å². The monoisotopic (exact) mass is 381 g/mol. The standard InChI is InChI=1S/C18H31N5O2S/c1-22(2)17(24)14-21-18(19-8-11-25-3)20-13-15(16-7-6-12-26-16)23-9-4-5-10-23/h6-7,12,15H,4-5,8-11,13-14H2,1-3H3,(H2,19,20,21). The quantitative estimate of drug-likeness (QED) is 0.382. The highest BCUT2D eigenvalue weighted by atomic mass is 32.1. The molecule has 2 heterocycles. The van der Waals surface area contributed by atoms with Crippen molar-refractivity contribution in [3.05, 3.63) is 22.4 Å². The molecule has 1 aromatic rings. The number of nitrogens with one attached hydrogen (secondary N) is 2. The van der Waals surface area contributed by atoms with E-state index in [4.69, 9.17) is 4.74 Å². The van der Waals surface area contributed by atoms with Crippen LogP contribution in [-0.2, 0) is 9.53 Å². The first-order chi connectivity index (χ1) is 12.6. The number of aliphatic imine (C=N–C) groups is 1. The Bertz CT molecular complexity index is 556. The summed E-state index contributed by atoms with van der Waals surface area (Å²) in [5.41, 5.74) is 0. The van der Waals surface area contributed by atoms with Crippen LogP contribution in [0.4, 0.5) is 0 Å². The number of methoxy groups -OCH3 is 1. The number of hydrogen-bond acceptors (Lipinski definition) is 5. The first-order valence-electron chi connectivity index (χ1n) is 9.10. The minimum Gasteiger partial charge on any atom is -0.383 e. The molecule has 0 saturated carbocycles. The van der Waals surface area contributed by atoms with E-state index in [1.807, 2.05) is 0 Å². The van der Waals surface area contributed by atoms with E-state index in [9.17, 15) is 4.79 Å². The molecule has 8 heteroatoms. The van der Waals surface area contributed by atoms with Crippen molar-refractivity contribution in [2.75, 3.05) is 60.5 Å². The Hall–Kier alpha value is -1.64. The van der Waals surface area contributed by atoms with E-state index >= 15 is 0 Å². The van der Waals surface area contributed by atoms with Crippen LogP contribution in [-0.4, -0.2) is 82.2 Å². The maximum atomic E-state index is 11.8. The van der Waals surface area contributed by atoms with Crippen LogP contribution in [0.5, 0.6) is 0 Å². The molecule has 7 nitrogen and oxygen atoms in total. The third-order valence-corrected chi connectivity index (χ3v) is 5.36. The van der Waals surface area contributed by atoms with Crippen LogP contribution in [0.15, 0.2) is 22.5 Å². The molecule has 2 N–H and O–H groups in total. The molecule has 1 amide bonds. The second-order valence-corrected chi connectivity index (χ2v) is 7.51. The predicted octanol–water partition coefficient (Wildman–Crippen LogP) is 1.15. The molecule has 0 radical (unpaired) electrons. The number of nitrogens with zero attached hydrogens (tertiary/aromatic N) is 3. The fourth-order valence-electron chi connectivity index (χ4n) is 2.87. The van der Waals surface area contributed by atoms with Gasteiger partial charge in [0.2, 0.25) is 5.91 Å². The molecule has 146 valence electrons. The zero-order valence-electron chi connectivity index (χ0n) is 16.0. The predicted molar refractivity (Wildman–Crippen MR) is 107 cm³/mol. The molecule has 1 unspecified atom stereocenters. The van der Waals surface area contributed by atoms with Gasteiger partial charge in [0.1, 0.15) is 6.54 Å². The van der Waals surface area contributed by atoms with Crippen LogP contribution in [0.3, 0.4) is 0 Å². The summed E-state index contributed by atoms with van der Waals surface area (Å²) in [6, 6.07) is 4.63. The van der Waals surface area contributed by atoms with Gasteiger partial charge in [0.05, 0.1) is 12.6 Å². The molecule has 1 fully saturated rings. The van der Waals surface area contributed by atoms with Gasteiger partial charge in [-0.3, -0.25) is 9.69 Å². The lowest BCUT2D eigenvalue weighted by Crippen LogP contribution is -2.44. The molecule has 2 rings (SSSR count). The Labute approximate surface area is 160 Å². The lowest BCUT2D eigenvalue weighted by Gasteiger charge is -2.27. The number of ether oxygens (including phenoxy) is 1. The molecule has 1 aliphatic heterocycles. The number of thiophene rings is 1. The smallest absolute Gasteiger partial charge is 0.243 e. The minimum absolute atomic E-state index is 0.0211. The van der Waals surface area contributed by atoms with Crippen molar-refractivity contribution in [3.8, 4) is 0 Å². The number of carbonyl (C=O) groups excluding carboxylic acids is 1. The first kappa shape index (κ1) is 20.7. The second kappa shape index (κ2) is 11.2. The number of likely N-dealkylation sites (tertiary alicyclic amines) is 1. The summed E-state index contributed by atoms with van der Waals surface area (Å²) >= 11 is 1.79.